The van der Waals surface area contributed by atoms with Gasteiger partial charge in [0, 0.05) is 12.8 Å². The van der Waals surface area contributed by atoms with E-state index in [1.807, 2.05) is 6.08 Å². The Bertz CT molecular complexity index is 1130. The molecule has 3 N–H and O–H groups in total. The molecule has 1 amide bonds. The van der Waals surface area contributed by atoms with Crippen molar-refractivity contribution in [2.45, 2.75) is 347 Å². The Morgan fingerprint density at radius 3 is 1.14 bits per heavy atom. The molecule has 412 valence electrons. The summed E-state index contributed by atoms with van der Waals surface area (Å²) in [6, 6.07) is -0.634. The topological polar surface area (TPSA) is 95.9 Å². The molecule has 0 aliphatic heterocycles. The molecule has 0 saturated heterocycles. The molecule has 6 heteroatoms. The summed E-state index contributed by atoms with van der Waals surface area (Å²) in [5, 5.41) is 23.2. The van der Waals surface area contributed by atoms with Crippen molar-refractivity contribution in [2.24, 2.45) is 0 Å². The van der Waals surface area contributed by atoms with Crippen molar-refractivity contribution in [1.82, 2.24) is 5.32 Å². The van der Waals surface area contributed by atoms with Crippen molar-refractivity contribution in [3.8, 4) is 0 Å². The van der Waals surface area contributed by atoms with Crippen LogP contribution < -0.4 is 5.32 Å². The summed E-state index contributed by atoms with van der Waals surface area (Å²) < 4.78 is 5.46. The molecule has 0 bridgehead atoms. The van der Waals surface area contributed by atoms with Crippen LogP contribution in [0.2, 0.25) is 0 Å². The monoisotopic (exact) mass is 984 g/mol. The average molecular weight is 985 g/mol. The third-order valence-corrected chi connectivity index (χ3v) is 14.4. The fourth-order valence-corrected chi connectivity index (χ4v) is 9.61. The Balaban J connectivity index is 3.46. The van der Waals surface area contributed by atoms with Crippen molar-refractivity contribution in [2.75, 3.05) is 13.2 Å². The number of nitrogens with one attached hydrogen (secondary N) is 1. The summed E-state index contributed by atoms with van der Waals surface area (Å²) in [6.45, 7) is 4.84. The Hall–Kier alpha value is -1.92. The Morgan fingerprint density at radius 1 is 0.400 bits per heavy atom. The van der Waals surface area contributed by atoms with Crippen LogP contribution in [-0.4, -0.2) is 47.4 Å². The minimum Gasteiger partial charge on any atom is -0.466 e. The number of unbranched alkanes of at least 4 members (excludes halogenated alkanes) is 43. The molecule has 0 rings (SSSR count). The highest BCUT2D eigenvalue weighted by Crippen LogP contribution is 2.18. The number of hydrogen-bond acceptors (Lipinski definition) is 5. The number of amides is 1. The maximum atomic E-state index is 12.5. The van der Waals surface area contributed by atoms with Gasteiger partial charge in [-0.1, -0.05) is 301 Å². The van der Waals surface area contributed by atoms with Crippen LogP contribution in [0.25, 0.3) is 0 Å². The molecule has 6 nitrogen and oxygen atoms in total. The van der Waals surface area contributed by atoms with E-state index in [4.69, 9.17) is 4.74 Å². The van der Waals surface area contributed by atoms with Gasteiger partial charge in [0.2, 0.25) is 5.91 Å². The summed E-state index contributed by atoms with van der Waals surface area (Å²) in [5.41, 5.74) is 0. The number of aliphatic hydroxyl groups is 2. The largest absolute Gasteiger partial charge is 0.466 e. The summed E-state index contributed by atoms with van der Waals surface area (Å²) in [5.74, 6) is -0.0815. The van der Waals surface area contributed by atoms with Crippen molar-refractivity contribution in [1.29, 1.82) is 0 Å². The lowest BCUT2D eigenvalue weighted by atomic mass is 10.0. The zero-order chi connectivity index (χ0) is 50.7. The molecule has 0 aliphatic carbocycles. The molecular formula is C64H121NO5. The van der Waals surface area contributed by atoms with Crippen molar-refractivity contribution in [3.05, 3.63) is 36.5 Å². The summed E-state index contributed by atoms with van der Waals surface area (Å²) >= 11 is 0. The van der Waals surface area contributed by atoms with E-state index < -0.39 is 12.1 Å². The Kier molecular flexibility index (Phi) is 58.0. The van der Waals surface area contributed by atoms with Crippen LogP contribution in [0, 0.1) is 0 Å². The van der Waals surface area contributed by atoms with E-state index in [1.54, 1.807) is 6.08 Å². The number of allylic oxidation sites excluding steroid dienone is 5. The minimum atomic E-state index is -0.850. The fraction of sp³-hybridized carbons (Fsp3) is 0.875. The SMILES string of the molecule is CCC/C=C\C/C=C\CCCCCCCC(=O)OCCCCCCCCCCCCCCCCCCCC(=O)NC(CO)C(O)/C=C/CCCCCCCCCCCCCCCCCCCCCCC. The predicted molar refractivity (Wildman–Crippen MR) is 306 cm³/mol. The standard InChI is InChI=1S/C64H121NO5/c1-3-5-7-9-11-13-15-17-18-19-20-21-22-23-24-26-29-33-36-40-44-48-52-56-62(67)61(60-66)65-63(68)57-53-49-45-41-37-34-30-27-25-28-31-35-39-43-47-51-55-59-70-64(69)58-54-50-46-42-38-32-16-14-12-10-8-6-4-2/h8,10,14,16,52,56,61-62,66-67H,3-7,9,11-13,15,17-51,53-55,57-60H2,1-2H3,(H,65,68)/b10-8-,16-14-,56-52+. The molecule has 0 radical (unpaired) electrons. The molecule has 0 saturated carbocycles. The lowest BCUT2D eigenvalue weighted by molar-refractivity contribution is -0.143. The number of esters is 1. The first kappa shape index (κ1) is 68.1. The van der Waals surface area contributed by atoms with Crippen LogP contribution in [0.1, 0.15) is 335 Å². The quantitative estimate of drug-likeness (QED) is 0.0321. The van der Waals surface area contributed by atoms with Gasteiger partial charge in [0.05, 0.1) is 25.4 Å². The van der Waals surface area contributed by atoms with Gasteiger partial charge in [0.15, 0.2) is 0 Å². The van der Waals surface area contributed by atoms with E-state index in [-0.39, 0.29) is 18.5 Å². The van der Waals surface area contributed by atoms with Gasteiger partial charge >= 0.3 is 5.97 Å². The molecule has 70 heavy (non-hydrogen) atoms. The normalized spacial score (nSPS) is 12.8. The Labute approximate surface area is 436 Å². The van der Waals surface area contributed by atoms with Crippen LogP contribution in [0.4, 0.5) is 0 Å². The van der Waals surface area contributed by atoms with E-state index in [9.17, 15) is 19.8 Å². The number of aliphatic hydroxyl groups excluding tert-OH is 2. The van der Waals surface area contributed by atoms with E-state index in [0.717, 1.165) is 51.4 Å². The zero-order valence-electron chi connectivity index (χ0n) is 47.0. The second kappa shape index (κ2) is 59.6. The van der Waals surface area contributed by atoms with Gasteiger partial charge in [-0.3, -0.25) is 9.59 Å². The van der Waals surface area contributed by atoms with Gasteiger partial charge in [0.25, 0.3) is 0 Å². The van der Waals surface area contributed by atoms with Gasteiger partial charge in [-0.05, 0) is 57.8 Å². The first-order valence-corrected chi connectivity index (χ1v) is 31.3. The highest BCUT2D eigenvalue weighted by Gasteiger charge is 2.18. The third-order valence-electron chi connectivity index (χ3n) is 14.4. The highest BCUT2D eigenvalue weighted by molar-refractivity contribution is 5.76. The predicted octanol–water partition coefficient (Wildman–Crippen LogP) is 19.6. The Morgan fingerprint density at radius 2 is 0.743 bits per heavy atom. The van der Waals surface area contributed by atoms with E-state index in [2.05, 4.69) is 43.5 Å². The smallest absolute Gasteiger partial charge is 0.305 e. The fourth-order valence-electron chi connectivity index (χ4n) is 9.61. The number of carbonyl (C=O) groups is 2. The summed E-state index contributed by atoms with van der Waals surface area (Å²) in [4.78, 5) is 24.5. The maximum Gasteiger partial charge on any atom is 0.305 e. The van der Waals surface area contributed by atoms with Crippen LogP contribution >= 0.6 is 0 Å². The average Bonchev–Trinajstić information content (AvgIpc) is 3.36. The van der Waals surface area contributed by atoms with Gasteiger partial charge in [-0.15, -0.1) is 0 Å². The molecule has 0 aromatic heterocycles. The van der Waals surface area contributed by atoms with Crippen molar-refractivity contribution in [3.63, 3.8) is 0 Å². The van der Waals surface area contributed by atoms with Gasteiger partial charge in [-0.25, -0.2) is 0 Å². The van der Waals surface area contributed by atoms with Gasteiger partial charge in [0.1, 0.15) is 0 Å². The third kappa shape index (κ3) is 55.4. The van der Waals surface area contributed by atoms with Gasteiger partial charge in [-0.2, -0.15) is 0 Å². The molecule has 2 unspecified atom stereocenters. The lowest BCUT2D eigenvalue weighted by Crippen LogP contribution is -2.45. The summed E-state index contributed by atoms with van der Waals surface area (Å²) in [6.07, 6.45) is 74.7. The molecule has 0 spiro atoms. The second-order valence-corrected chi connectivity index (χ2v) is 21.4. The number of rotatable bonds is 58. The molecule has 0 aliphatic rings. The molecule has 0 aromatic carbocycles. The maximum absolute atomic E-state index is 12.5. The first-order chi connectivity index (χ1) is 34.5. The molecular weight excluding hydrogens is 863 g/mol. The zero-order valence-corrected chi connectivity index (χ0v) is 47.0. The lowest BCUT2D eigenvalue weighted by Gasteiger charge is -2.20. The molecule has 0 heterocycles. The van der Waals surface area contributed by atoms with E-state index >= 15 is 0 Å². The van der Waals surface area contributed by atoms with Crippen LogP contribution in [0.15, 0.2) is 36.5 Å². The number of carbonyl (C=O) groups excluding carboxylic acids is 2. The number of hydrogen-bond donors (Lipinski definition) is 3. The summed E-state index contributed by atoms with van der Waals surface area (Å²) in [7, 11) is 0. The highest BCUT2D eigenvalue weighted by atomic mass is 16.5. The second-order valence-electron chi connectivity index (χ2n) is 21.4. The van der Waals surface area contributed by atoms with E-state index in [0.29, 0.717) is 19.4 Å². The molecule has 0 fully saturated rings. The van der Waals surface area contributed by atoms with Crippen molar-refractivity contribution >= 4 is 11.9 Å². The van der Waals surface area contributed by atoms with Crippen LogP contribution in [-0.2, 0) is 14.3 Å². The van der Waals surface area contributed by atoms with Gasteiger partial charge < -0.3 is 20.3 Å². The number of ether oxygens (including phenoxy) is 1. The van der Waals surface area contributed by atoms with Crippen LogP contribution in [0.3, 0.4) is 0 Å². The molecule has 2 atom stereocenters. The van der Waals surface area contributed by atoms with Crippen molar-refractivity contribution < 1.29 is 24.5 Å². The first-order valence-electron chi connectivity index (χ1n) is 31.3. The van der Waals surface area contributed by atoms with E-state index in [1.165, 1.54) is 257 Å². The minimum absolute atomic E-state index is 0.0106. The molecule has 0 aromatic rings. The van der Waals surface area contributed by atoms with Crippen LogP contribution in [0.5, 0.6) is 0 Å².